The van der Waals surface area contributed by atoms with Crippen molar-refractivity contribution in [2.75, 3.05) is 12.8 Å². The fourth-order valence-electron chi connectivity index (χ4n) is 2.45. The zero-order valence-electron chi connectivity index (χ0n) is 13.6. The number of nitrogens with one attached hydrogen (secondary N) is 1. The lowest BCUT2D eigenvalue weighted by atomic mass is 10.2. The molecule has 0 atom stereocenters. The molecule has 0 aliphatic carbocycles. The van der Waals surface area contributed by atoms with Gasteiger partial charge in [0.25, 0.3) is 0 Å². The number of para-hydroxylation sites is 2. The highest BCUT2D eigenvalue weighted by Gasteiger charge is 2.17. The van der Waals surface area contributed by atoms with E-state index in [1.807, 2.05) is 24.3 Å². The third-order valence-corrected chi connectivity index (χ3v) is 4.31. The van der Waals surface area contributed by atoms with Crippen molar-refractivity contribution >= 4 is 26.8 Å². The van der Waals surface area contributed by atoms with Crippen LogP contribution in [0.25, 0.3) is 11.0 Å². The lowest BCUT2D eigenvalue weighted by Gasteiger charge is -2.09. The molecule has 2 rings (SSSR count). The standard InChI is InChI=1S/C16H23N3O3S/c1-3-4-7-10-17-16(20)11-19-14-9-6-5-8-13(14)18-15(19)12-23(2,21)22/h5-6,8-9H,3-4,7,10-12H2,1-2H3,(H,17,20). The van der Waals surface area contributed by atoms with Crippen molar-refractivity contribution in [3.05, 3.63) is 30.1 Å². The van der Waals surface area contributed by atoms with Crippen LogP contribution in [-0.4, -0.2) is 36.7 Å². The number of sulfone groups is 1. The lowest BCUT2D eigenvalue weighted by molar-refractivity contribution is -0.121. The number of carbonyl (C=O) groups is 1. The number of benzene rings is 1. The molecule has 0 bridgehead atoms. The third kappa shape index (κ3) is 5.06. The highest BCUT2D eigenvalue weighted by atomic mass is 32.2. The van der Waals surface area contributed by atoms with E-state index in [9.17, 15) is 13.2 Å². The van der Waals surface area contributed by atoms with Crippen molar-refractivity contribution in [1.82, 2.24) is 14.9 Å². The van der Waals surface area contributed by atoms with Gasteiger partial charge in [-0.2, -0.15) is 0 Å². The van der Waals surface area contributed by atoms with Crippen LogP contribution in [0.3, 0.4) is 0 Å². The molecule has 0 aliphatic rings. The topological polar surface area (TPSA) is 81.1 Å². The summed E-state index contributed by atoms with van der Waals surface area (Å²) < 4.78 is 24.9. The Morgan fingerprint density at radius 2 is 2.00 bits per heavy atom. The molecule has 0 unspecified atom stereocenters. The Hall–Kier alpha value is -1.89. The van der Waals surface area contributed by atoms with Gasteiger partial charge in [-0.25, -0.2) is 13.4 Å². The van der Waals surface area contributed by atoms with E-state index in [1.54, 1.807) is 4.57 Å². The fourth-order valence-corrected chi connectivity index (χ4v) is 3.14. The number of fused-ring (bicyclic) bond motifs is 1. The number of nitrogens with zero attached hydrogens (tertiary/aromatic N) is 2. The van der Waals surface area contributed by atoms with E-state index in [1.165, 1.54) is 6.26 Å². The molecule has 2 aromatic rings. The van der Waals surface area contributed by atoms with Crippen LogP contribution in [0.1, 0.15) is 32.0 Å². The first-order chi connectivity index (χ1) is 10.9. The second-order valence-corrected chi connectivity index (χ2v) is 7.87. The van der Waals surface area contributed by atoms with Crippen LogP contribution in [0.2, 0.25) is 0 Å². The van der Waals surface area contributed by atoms with Crippen molar-refractivity contribution in [2.24, 2.45) is 0 Å². The first-order valence-electron chi connectivity index (χ1n) is 7.79. The summed E-state index contributed by atoms with van der Waals surface area (Å²) in [6.45, 7) is 2.83. The van der Waals surface area contributed by atoms with Crippen molar-refractivity contribution in [2.45, 2.75) is 38.5 Å². The highest BCUT2D eigenvalue weighted by molar-refractivity contribution is 7.89. The molecular formula is C16H23N3O3S. The molecule has 7 heteroatoms. The van der Waals surface area contributed by atoms with Crippen LogP contribution >= 0.6 is 0 Å². The Balaban J connectivity index is 2.20. The second-order valence-electron chi connectivity index (χ2n) is 5.73. The van der Waals surface area contributed by atoms with Gasteiger partial charge in [0.15, 0.2) is 9.84 Å². The monoisotopic (exact) mass is 337 g/mol. The number of aromatic nitrogens is 2. The largest absolute Gasteiger partial charge is 0.355 e. The summed E-state index contributed by atoms with van der Waals surface area (Å²) in [6.07, 6.45) is 4.29. The summed E-state index contributed by atoms with van der Waals surface area (Å²) in [5.74, 6) is 0.0987. The minimum absolute atomic E-state index is 0.0808. The van der Waals surface area contributed by atoms with Gasteiger partial charge in [-0.1, -0.05) is 31.9 Å². The first kappa shape index (κ1) is 17.5. The Bertz CT molecular complexity index is 781. The van der Waals surface area contributed by atoms with Gasteiger partial charge in [0, 0.05) is 12.8 Å². The van der Waals surface area contributed by atoms with Crippen LogP contribution in [0.4, 0.5) is 0 Å². The Morgan fingerprint density at radius 1 is 1.26 bits per heavy atom. The van der Waals surface area contributed by atoms with Gasteiger partial charge in [-0.05, 0) is 18.6 Å². The van der Waals surface area contributed by atoms with Crippen LogP contribution in [0, 0.1) is 0 Å². The summed E-state index contributed by atoms with van der Waals surface area (Å²) in [7, 11) is -3.22. The highest BCUT2D eigenvalue weighted by Crippen LogP contribution is 2.17. The van der Waals surface area contributed by atoms with E-state index >= 15 is 0 Å². The summed E-state index contributed by atoms with van der Waals surface area (Å²) >= 11 is 0. The van der Waals surface area contributed by atoms with Gasteiger partial charge >= 0.3 is 0 Å². The maximum absolute atomic E-state index is 12.1. The predicted molar refractivity (Wildman–Crippen MR) is 90.8 cm³/mol. The molecule has 0 aliphatic heterocycles. The number of hydrogen-bond acceptors (Lipinski definition) is 4. The van der Waals surface area contributed by atoms with Crippen LogP contribution in [-0.2, 0) is 26.9 Å². The molecule has 1 aromatic heterocycles. The summed E-state index contributed by atoms with van der Waals surface area (Å²) in [5.41, 5.74) is 1.47. The summed E-state index contributed by atoms with van der Waals surface area (Å²) in [6, 6.07) is 7.36. The van der Waals surface area contributed by atoms with Crippen molar-refractivity contribution in [1.29, 1.82) is 0 Å². The molecular weight excluding hydrogens is 314 g/mol. The molecule has 0 saturated heterocycles. The Labute approximate surface area is 136 Å². The van der Waals surface area contributed by atoms with Crippen LogP contribution in [0.15, 0.2) is 24.3 Å². The minimum atomic E-state index is -3.22. The number of rotatable bonds is 8. The first-order valence-corrected chi connectivity index (χ1v) is 9.85. The molecule has 1 N–H and O–H groups in total. The van der Waals surface area contributed by atoms with Gasteiger partial charge in [0.2, 0.25) is 5.91 Å². The van der Waals surface area contributed by atoms with Crippen LogP contribution in [0.5, 0.6) is 0 Å². The molecule has 0 radical (unpaired) electrons. The zero-order chi connectivity index (χ0) is 16.9. The predicted octanol–water partition coefficient (Wildman–Crippen LogP) is 1.89. The number of hydrogen-bond donors (Lipinski definition) is 1. The van der Waals surface area contributed by atoms with E-state index in [0.717, 1.165) is 24.8 Å². The van der Waals surface area contributed by atoms with Gasteiger partial charge < -0.3 is 9.88 Å². The van der Waals surface area contributed by atoms with Gasteiger partial charge in [-0.3, -0.25) is 4.79 Å². The molecule has 23 heavy (non-hydrogen) atoms. The number of unbranched alkanes of at least 4 members (excludes halogenated alkanes) is 2. The molecule has 6 nitrogen and oxygen atoms in total. The normalized spacial score (nSPS) is 11.7. The van der Waals surface area contributed by atoms with E-state index in [4.69, 9.17) is 0 Å². The van der Waals surface area contributed by atoms with Crippen molar-refractivity contribution < 1.29 is 13.2 Å². The van der Waals surface area contributed by atoms with Crippen molar-refractivity contribution in [3.8, 4) is 0 Å². The summed E-state index contributed by atoms with van der Waals surface area (Å²) in [4.78, 5) is 16.5. The molecule has 0 spiro atoms. The van der Waals surface area contributed by atoms with Gasteiger partial charge in [0.05, 0.1) is 11.0 Å². The molecule has 1 aromatic carbocycles. The van der Waals surface area contributed by atoms with E-state index < -0.39 is 9.84 Å². The van der Waals surface area contributed by atoms with Crippen LogP contribution < -0.4 is 5.32 Å². The molecule has 126 valence electrons. The molecule has 1 heterocycles. The molecule has 1 amide bonds. The Kier molecular flexibility index (Phi) is 5.76. The van der Waals surface area contributed by atoms with E-state index in [2.05, 4.69) is 17.2 Å². The Morgan fingerprint density at radius 3 is 2.70 bits per heavy atom. The smallest absolute Gasteiger partial charge is 0.240 e. The number of carbonyl (C=O) groups excluding carboxylic acids is 1. The summed E-state index contributed by atoms with van der Waals surface area (Å²) in [5, 5.41) is 2.87. The molecule has 0 fully saturated rings. The fraction of sp³-hybridized carbons (Fsp3) is 0.500. The minimum Gasteiger partial charge on any atom is -0.355 e. The van der Waals surface area contributed by atoms with Gasteiger partial charge in [0.1, 0.15) is 18.1 Å². The zero-order valence-corrected chi connectivity index (χ0v) is 14.4. The molecule has 0 saturated carbocycles. The maximum Gasteiger partial charge on any atom is 0.240 e. The number of imidazole rings is 1. The average molecular weight is 337 g/mol. The SMILES string of the molecule is CCCCCNC(=O)Cn1c(CS(C)(=O)=O)nc2ccccc21. The maximum atomic E-state index is 12.1. The third-order valence-electron chi connectivity index (χ3n) is 3.53. The quantitative estimate of drug-likeness (QED) is 0.746. The lowest BCUT2D eigenvalue weighted by Crippen LogP contribution is -2.29. The second kappa shape index (κ2) is 7.59. The number of amides is 1. The van der Waals surface area contributed by atoms with Crippen molar-refractivity contribution in [3.63, 3.8) is 0 Å². The van der Waals surface area contributed by atoms with E-state index in [-0.39, 0.29) is 18.2 Å². The van der Waals surface area contributed by atoms with E-state index in [0.29, 0.717) is 17.9 Å². The van der Waals surface area contributed by atoms with Gasteiger partial charge in [-0.15, -0.1) is 0 Å². The average Bonchev–Trinajstić information content (AvgIpc) is 2.79.